The van der Waals surface area contributed by atoms with Crippen LogP contribution in [-0.2, 0) is 9.53 Å². The van der Waals surface area contributed by atoms with Gasteiger partial charge < -0.3 is 19.7 Å². The molecule has 3 atom stereocenters. The van der Waals surface area contributed by atoms with Gasteiger partial charge in [0, 0.05) is 18.3 Å². The number of carboxylic acid groups (broad SMARTS) is 1. The third kappa shape index (κ3) is 11.8. The van der Waals surface area contributed by atoms with E-state index in [1.165, 1.54) is 25.7 Å². The summed E-state index contributed by atoms with van der Waals surface area (Å²) < 4.78 is 5.88. The molecule has 5 heteroatoms. The van der Waals surface area contributed by atoms with Crippen LogP contribution in [0.3, 0.4) is 0 Å². The van der Waals surface area contributed by atoms with Gasteiger partial charge in [-0.1, -0.05) is 38.3 Å². The number of aliphatic hydroxyl groups is 1. The summed E-state index contributed by atoms with van der Waals surface area (Å²) in [4.78, 5) is 10.4. The van der Waals surface area contributed by atoms with Gasteiger partial charge in [0.1, 0.15) is 6.10 Å². The first-order valence-corrected chi connectivity index (χ1v) is 9.41. The van der Waals surface area contributed by atoms with E-state index >= 15 is 0 Å². The largest absolute Gasteiger partial charge is 1.00 e. The number of hydrogen-bond donors (Lipinski definition) is 1. The molecule has 1 N–H and O–H groups in total. The summed E-state index contributed by atoms with van der Waals surface area (Å²) >= 11 is 0. The van der Waals surface area contributed by atoms with E-state index in [2.05, 4.69) is 19.1 Å². The smallest absolute Gasteiger partial charge is 0.550 e. The molecule has 0 radical (unpaired) electrons. The van der Waals surface area contributed by atoms with E-state index in [9.17, 15) is 15.0 Å². The van der Waals surface area contributed by atoms with Crippen molar-refractivity contribution >= 4 is 5.97 Å². The van der Waals surface area contributed by atoms with Crippen LogP contribution in [-0.4, -0.2) is 23.3 Å². The first kappa shape index (κ1) is 24.7. The molecule has 0 aromatic carbocycles. The Balaban J connectivity index is 0.00000576. The zero-order chi connectivity index (χ0) is 17.8. The van der Waals surface area contributed by atoms with Gasteiger partial charge in [-0.25, -0.2) is 0 Å². The Hall–Kier alpha value is -0.290. The van der Waals surface area contributed by atoms with Gasteiger partial charge in [0.05, 0.1) is 11.9 Å². The van der Waals surface area contributed by atoms with E-state index in [4.69, 9.17) is 4.74 Å². The maximum atomic E-state index is 10.4. The molecule has 1 fully saturated rings. The zero-order valence-electron chi connectivity index (χ0n) is 16.2. The minimum absolute atomic E-state index is 0. The Labute approximate surface area is 175 Å². The number of carboxylic acids is 1. The summed E-state index contributed by atoms with van der Waals surface area (Å²) in [6.07, 6.45) is 15.0. The van der Waals surface area contributed by atoms with Crippen molar-refractivity contribution in [2.75, 3.05) is 0 Å². The van der Waals surface area contributed by atoms with Crippen LogP contribution in [0.2, 0.25) is 0 Å². The quantitative estimate of drug-likeness (QED) is 0.238. The summed E-state index contributed by atoms with van der Waals surface area (Å²) in [5, 5.41) is 20.5. The van der Waals surface area contributed by atoms with Crippen molar-refractivity contribution in [2.24, 2.45) is 5.92 Å². The molecule has 0 aromatic heterocycles. The third-order valence-electron chi connectivity index (χ3n) is 4.51. The number of carbonyl (C=O) groups is 1. The van der Waals surface area contributed by atoms with Gasteiger partial charge in [0.25, 0.3) is 0 Å². The molecule has 25 heavy (non-hydrogen) atoms. The summed E-state index contributed by atoms with van der Waals surface area (Å²) in [5.41, 5.74) is 0. The average molecular weight is 360 g/mol. The van der Waals surface area contributed by atoms with Crippen LogP contribution in [0, 0.1) is 5.92 Å². The van der Waals surface area contributed by atoms with Crippen molar-refractivity contribution in [1.82, 2.24) is 0 Å². The molecule has 1 aliphatic carbocycles. The van der Waals surface area contributed by atoms with Gasteiger partial charge in [-0.3, -0.25) is 0 Å². The van der Waals surface area contributed by atoms with Gasteiger partial charge in [-0.2, -0.15) is 0 Å². The topological polar surface area (TPSA) is 69.6 Å². The molecule has 0 aliphatic heterocycles. The second kappa shape index (κ2) is 14.8. The van der Waals surface area contributed by atoms with Crippen molar-refractivity contribution in [1.29, 1.82) is 0 Å². The average Bonchev–Trinajstić information content (AvgIpc) is 2.86. The fourth-order valence-corrected chi connectivity index (χ4v) is 3.13. The van der Waals surface area contributed by atoms with Crippen molar-refractivity contribution in [3.63, 3.8) is 0 Å². The molecular weight excluding hydrogens is 327 g/mol. The fraction of sp³-hybridized carbons (Fsp3) is 0.750. The van der Waals surface area contributed by atoms with Crippen molar-refractivity contribution in [3.05, 3.63) is 24.0 Å². The van der Waals surface area contributed by atoms with Gasteiger partial charge >= 0.3 is 29.6 Å². The van der Waals surface area contributed by atoms with E-state index in [0.29, 0.717) is 19.3 Å². The molecule has 0 spiro atoms. The minimum Gasteiger partial charge on any atom is -0.550 e. The number of allylic oxidation sites excluding steroid dienone is 3. The second-order valence-electron chi connectivity index (χ2n) is 6.80. The monoisotopic (exact) mass is 360 g/mol. The molecule has 0 saturated heterocycles. The van der Waals surface area contributed by atoms with Crippen LogP contribution >= 0.6 is 0 Å². The summed E-state index contributed by atoms with van der Waals surface area (Å²) in [6, 6.07) is 0. The predicted octanol–water partition coefficient (Wildman–Crippen LogP) is 0.497. The Morgan fingerprint density at radius 3 is 2.64 bits per heavy atom. The number of rotatable bonds is 12. The third-order valence-corrected chi connectivity index (χ3v) is 4.51. The number of aliphatic carboxylic acids is 1. The Morgan fingerprint density at radius 2 is 1.96 bits per heavy atom. The standard InChI is InChI=1S/C20H34O4.Na/c1-3-4-5-6-7-8-12-17-14-18(15-19(17)21)24-16(2)11-9-10-13-20(22)23;/h8,11-12,17-19,21H,3-7,9-10,13-15H2,1-2H3,(H,22,23);/q;+1/p-1/b12-8+,16-11-;/t17?,18-,19-;/m1./s1. The first-order chi connectivity index (χ1) is 11.5. The summed E-state index contributed by atoms with van der Waals surface area (Å²) in [7, 11) is 0. The van der Waals surface area contributed by atoms with E-state index in [-0.39, 0.29) is 54.1 Å². The Kier molecular flexibility index (Phi) is 14.7. The number of unbranched alkanes of at least 4 members (excludes halogenated alkanes) is 5. The molecule has 0 amide bonds. The summed E-state index contributed by atoms with van der Waals surface area (Å²) in [6.45, 7) is 4.10. The Morgan fingerprint density at radius 1 is 1.20 bits per heavy atom. The molecule has 1 rings (SSSR count). The molecule has 0 heterocycles. The van der Waals surface area contributed by atoms with Crippen LogP contribution < -0.4 is 34.7 Å². The van der Waals surface area contributed by atoms with Crippen molar-refractivity contribution < 1.29 is 49.3 Å². The molecule has 4 nitrogen and oxygen atoms in total. The normalized spacial score (nSPS) is 23.6. The maximum Gasteiger partial charge on any atom is 1.00 e. The zero-order valence-corrected chi connectivity index (χ0v) is 18.2. The molecule has 1 saturated carbocycles. The number of ether oxygens (including phenoxy) is 1. The van der Waals surface area contributed by atoms with E-state index < -0.39 is 5.97 Å². The molecular formula is C20H33NaO4. The molecule has 0 bridgehead atoms. The molecule has 1 aliphatic rings. The first-order valence-electron chi connectivity index (χ1n) is 9.41. The van der Waals surface area contributed by atoms with Crippen LogP contribution in [0.25, 0.3) is 0 Å². The van der Waals surface area contributed by atoms with Gasteiger partial charge in [0.2, 0.25) is 0 Å². The number of hydrogen-bond acceptors (Lipinski definition) is 4. The van der Waals surface area contributed by atoms with E-state index in [1.54, 1.807) is 0 Å². The van der Waals surface area contributed by atoms with Gasteiger partial charge in [-0.05, 0) is 51.5 Å². The van der Waals surface area contributed by atoms with Crippen molar-refractivity contribution in [2.45, 2.75) is 90.3 Å². The van der Waals surface area contributed by atoms with Crippen LogP contribution in [0.4, 0.5) is 0 Å². The second-order valence-corrected chi connectivity index (χ2v) is 6.80. The molecule has 1 unspecified atom stereocenters. The number of carbonyl (C=O) groups excluding carboxylic acids is 1. The molecule has 138 valence electrons. The fourth-order valence-electron chi connectivity index (χ4n) is 3.13. The van der Waals surface area contributed by atoms with E-state index in [0.717, 1.165) is 18.6 Å². The van der Waals surface area contributed by atoms with E-state index in [1.807, 2.05) is 13.0 Å². The summed E-state index contributed by atoms with van der Waals surface area (Å²) in [5.74, 6) is -0.00740. The predicted molar refractivity (Wildman–Crippen MR) is 94.1 cm³/mol. The molecule has 0 aromatic rings. The van der Waals surface area contributed by atoms with Gasteiger partial charge in [0.15, 0.2) is 0 Å². The maximum absolute atomic E-state index is 10.4. The number of aliphatic hydroxyl groups excluding tert-OH is 1. The van der Waals surface area contributed by atoms with Crippen LogP contribution in [0.1, 0.15) is 78.1 Å². The minimum atomic E-state index is -1.01. The van der Waals surface area contributed by atoms with Crippen molar-refractivity contribution in [3.8, 4) is 0 Å². The van der Waals surface area contributed by atoms with Crippen LogP contribution in [0.15, 0.2) is 24.0 Å². The van der Waals surface area contributed by atoms with Gasteiger partial charge in [-0.15, -0.1) is 0 Å². The SMILES string of the molecule is CCCCCC/C=C/C1C[C@@H](O/C(C)=C\CCCC(=O)[O-])C[C@H]1O.[Na+]. The van der Waals surface area contributed by atoms with Crippen LogP contribution in [0.5, 0.6) is 0 Å². The Bertz CT molecular complexity index is 420.